The van der Waals surface area contributed by atoms with Crippen molar-refractivity contribution in [2.45, 2.75) is 0 Å². The molecule has 6 nitrogen and oxygen atoms in total. The van der Waals surface area contributed by atoms with Gasteiger partial charge in [0.1, 0.15) is 6.61 Å². The van der Waals surface area contributed by atoms with E-state index in [0.29, 0.717) is 13.2 Å². The van der Waals surface area contributed by atoms with Crippen molar-refractivity contribution in [2.75, 3.05) is 37.4 Å². The minimum absolute atomic E-state index is 0.0452. The molecule has 6 heteroatoms. The molecule has 0 unspecified atom stereocenters. The average Bonchev–Trinajstić information content (AvgIpc) is 2.28. The number of hydrogen-bond donors (Lipinski definition) is 3. The van der Waals surface area contributed by atoms with Gasteiger partial charge in [0.2, 0.25) is 5.91 Å². The fraction of sp³-hybridized carbons (Fsp3) is 0.400. The number of carbonyl (C=O) groups is 1. The Bertz CT molecular complexity index is 343. The lowest BCUT2D eigenvalue weighted by Gasteiger charge is -2.07. The fourth-order valence-corrected chi connectivity index (χ4v) is 1.11. The van der Waals surface area contributed by atoms with Crippen LogP contribution in [0.4, 0.5) is 11.4 Å². The standard InChI is InChI=1S/C10H16N4O2/c1-12-8-4-9(6-13-5-8)14-2-3-16-7-10(11)15/h4-6,12,14H,2-3,7H2,1H3,(H2,11,15). The van der Waals surface area contributed by atoms with E-state index in [0.717, 1.165) is 11.4 Å². The first kappa shape index (κ1) is 12.3. The molecule has 4 N–H and O–H groups in total. The van der Waals surface area contributed by atoms with Crippen LogP contribution in [-0.2, 0) is 9.53 Å². The maximum atomic E-state index is 10.4. The Kier molecular flexibility index (Phi) is 5.07. The van der Waals surface area contributed by atoms with Crippen LogP contribution in [0.5, 0.6) is 0 Å². The van der Waals surface area contributed by atoms with Crippen molar-refractivity contribution in [1.82, 2.24) is 4.98 Å². The smallest absolute Gasteiger partial charge is 0.243 e. The van der Waals surface area contributed by atoms with Gasteiger partial charge in [0.25, 0.3) is 0 Å². The summed E-state index contributed by atoms with van der Waals surface area (Å²) in [5.74, 6) is -0.459. The van der Waals surface area contributed by atoms with Gasteiger partial charge in [-0.25, -0.2) is 0 Å². The number of nitrogens with one attached hydrogen (secondary N) is 2. The molecule has 1 aromatic heterocycles. The zero-order chi connectivity index (χ0) is 11.8. The monoisotopic (exact) mass is 224 g/mol. The number of amides is 1. The molecule has 1 heterocycles. The molecule has 88 valence electrons. The van der Waals surface area contributed by atoms with Gasteiger partial charge >= 0.3 is 0 Å². The lowest BCUT2D eigenvalue weighted by atomic mass is 10.3. The maximum absolute atomic E-state index is 10.4. The highest BCUT2D eigenvalue weighted by atomic mass is 16.5. The Labute approximate surface area is 94.2 Å². The summed E-state index contributed by atoms with van der Waals surface area (Å²) in [5.41, 5.74) is 6.75. The molecule has 0 aliphatic heterocycles. The van der Waals surface area contributed by atoms with Crippen LogP contribution < -0.4 is 16.4 Å². The zero-order valence-electron chi connectivity index (χ0n) is 9.19. The number of ether oxygens (including phenoxy) is 1. The van der Waals surface area contributed by atoms with Gasteiger partial charge < -0.3 is 21.1 Å². The normalized spacial score (nSPS) is 9.81. The fourth-order valence-electron chi connectivity index (χ4n) is 1.11. The molecule has 0 bridgehead atoms. The third kappa shape index (κ3) is 4.61. The van der Waals surface area contributed by atoms with E-state index in [9.17, 15) is 4.79 Å². The summed E-state index contributed by atoms with van der Waals surface area (Å²) in [5, 5.41) is 6.10. The van der Waals surface area contributed by atoms with Gasteiger partial charge in [-0.05, 0) is 6.07 Å². The molecule has 16 heavy (non-hydrogen) atoms. The Morgan fingerprint density at radius 3 is 2.94 bits per heavy atom. The SMILES string of the molecule is CNc1cncc(NCCOCC(N)=O)c1. The summed E-state index contributed by atoms with van der Waals surface area (Å²) in [4.78, 5) is 14.4. The van der Waals surface area contributed by atoms with Crippen molar-refractivity contribution >= 4 is 17.3 Å². The molecule has 1 rings (SSSR count). The van der Waals surface area contributed by atoms with Crippen molar-refractivity contribution in [2.24, 2.45) is 5.73 Å². The second kappa shape index (κ2) is 6.62. The first-order valence-electron chi connectivity index (χ1n) is 4.95. The number of primary amides is 1. The quantitative estimate of drug-likeness (QED) is 0.569. The first-order chi connectivity index (χ1) is 7.72. The highest BCUT2D eigenvalue weighted by Gasteiger charge is 1.96. The Morgan fingerprint density at radius 2 is 2.25 bits per heavy atom. The van der Waals surface area contributed by atoms with Gasteiger partial charge in [-0.1, -0.05) is 0 Å². The second-order valence-electron chi connectivity index (χ2n) is 3.16. The number of nitrogens with two attached hydrogens (primary N) is 1. The first-order valence-corrected chi connectivity index (χ1v) is 4.95. The molecule has 0 aliphatic carbocycles. The topological polar surface area (TPSA) is 89.3 Å². The third-order valence-corrected chi connectivity index (χ3v) is 1.85. The molecule has 0 radical (unpaired) electrons. The van der Waals surface area contributed by atoms with Crippen LogP contribution in [-0.4, -0.2) is 37.7 Å². The highest BCUT2D eigenvalue weighted by molar-refractivity contribution is 5.74. The van der Waals surface area contributed by atoms with Crippen molar-refractivity contribution in [1.29, 1.82) is 0 Å². The van der Waals surface area contributed by atoms with Gasteiger partial charge in [-0.15, -0.1) is 0 Å². The minimum Gasteiger partial charge on any atom is -0.387 e. The van der Waals surface area contributed by atoms with E-state index in [1.54, 1.807) is 12.4 Å². The van der Waals surface area contributed by atoms with Gasteiger partial charge in [0.15, 0.2) is 0 Å². The van der Waals surface area contributed by atoms with Crippen molar-refractivity contribution in [3.63, 3.8) is 0 Å². The number of hydrogen-bond acceptors (Lipinski definition) is 5. The van der Waals surface area contributed by atoms with E-state index in [1.165, 1.54) is 0 Å². The summed E-state index contributed by atoms with van der Waals surface area (Å²) >= 11 is 0. The predicted molar refractivity (Wildman–Crippen MR) is 62.3 cm³/mol. The summed E-state index contributed by atoms with van der Waals surface area (Å²) in [6, 6.07) is 1.93. The lowest BCUT2D eigenvalue weighted by Crippen LogP contribution is -2.20. The van der Waals surface area contributed by atoms with Gasteiger partial charge in [0.05, 0.1) is 30.4 Å². The number of pyridine rings is 1. The van der Waals surface area contributed by atoms with Crippen LogP contribution in [0.1, 0.15) is 0 Å². The molecule has 1 amide bonds. The van der Waals surface area contributed by atoms with Gasteiger partial charge in [-0.2, -0.15) is 0 Å². The number of nitrogens with zero attached hydrogens (tertiary/aromatic N) is 1. The van der Waals surface area contributed by atoms with Crippen molar-refractivity contribution in [3.05, 3.63) is 18.5 Å². The predicted octanol–water partition coefficient (Wildman–Crippen LogP) is 0.0371. The van der Waals surface area contributed by atoms with Crippen molar-refractivity contribution < 1.29 is 9.53 Å². The zero-order valence-corrected chi connectivity index (χ0v) is 9.19. The van der Waals surface area contributed by atoms with E-state index in [4.69, 9.17) is 10.5 Å². The molecule has 0 atom stereocenters. The van der Waals surface area contributed by atoms with Gasteiger partial charge in [-0.3, -0.25) is 9.78 Å². The molecule has 0 aliphatic rings. The van der Waals surface area contributed by atoms with Crippen LogP contribution >= 0.6 is 0 Å². The van der Waals surface area contributed by atoms with E-state index < -0.39 is 5.91 Å². The van der Waals surface area contributed by atoms with Crippen LogP contribution in [0.3, 0.4) is 0 Å². The van der Waals surface area contributed by atoms with E-state index in [-0.39, 0.29) is 6.61 Å². The van der Waals surface area contributed by atoms with Crippen molar-refractivity contribution in [3.8, 4) is 0 Å². The molecular formula is C10H16N4O2. The maximum Gasteiger partial charge on any atom is 0.243 e. The summed E-state index contributed by atoms with van der Waals surface area (Å²) in [6.07, 6.45) is 3.45. The number of anilines is 2. The third-order valence-electron chi connectivity index (χ3n) is 1.85. The molecule has 0 saturated heterocycles. The Balaban J connectivity index is 2.23. The second-order valence-corrected chi connectivity index (χ2v) is 3.16. The molecule has 1 aromatic rings. The number of aromatic nitrogens is 1. The number of rotatable bonds is 7. The summed E-state index contributed by atoms with van der Waals surface area (Å²) in [7, 11) is 1.83. The molecule has 0 spiro atoms. The summed E-state index contributed by atoms with van der Waals surface area (Å²) < 4.78 is 5.00. The molecule has 0 saturated carbocycles. The Morgan fingerprint density at radius 1 is 1.50 bits per heavy atom. The van der Waals surface area contributed by atoms with Crippen LogP contribution in [0.15, 0.2) is 18.5 Å². The van der Waals surface area contributed by atoms with Crippen LogP contribution in [0.25, 0.3) is 0 Å². The van der Waals surface area contributed by atoms with Gasteiger partial charge in [0, 0.05) is 13.6 Å². The number of carbonyl (C=O) groups excluding carboxylic acids is 1. The molecular weight excluding hydrogens is 208 g/mol. The largest absolute Gasteiger partial charge is 0.387 e. The highest BCUT2D eigenvalue weighted by Crippen LogP contribution is 2.11. The van der Waals surface area contributed by atoms with E-state index in [2.05, 4.69) is 15.6 Å². The average molecular weight is 224 g/mol. The summed E-state index contributed by atoms with van der Waals surface area (Å²) in [6.45, 7) is 0.978. The van der Waals surface area contributed by atoms with Crippen LogP contribution in [0.2, 0.25) is 0 Å². The molecule has 0 fully saturated rings. The van der Waals surface area contributed by atoms with Crippen LogP contribution in [0, 0.1) is 0 Å². The van der Waals surface area contributed by atoms with E-state index >= 15 is 0 Å². The minimum atomic E-state index is -0.459. The van der Waals surface area contributed by atoms with E-state index in [1.807, 2.05) is 13.1 Å². The Hall–Kier alpha value is -1.82. The lowest BCUT2D eigenvalue weighted by molar-refractivity contribution is -0.122. The molecule has 0 aromatic carbocycles.